The molecule has 8 rings (SSSR count). The topological polar surface area (TPSA) is 104 Å². The fourth-order valence-corrected chi connectivity index (χ4v) is 9.62. The average Bonchev–Trinajstić information content (AvgIpc) is 3.29. The first-order valence-electron chi connectivity index (χ1n) is 16.6. The van der Waals surface area contributed by atoms with Crippen molar-refractivity contribution in [3.63, 3.8) is 0 Å². The van der Waals surface area contributed by atoms with Gasteiger partial charge < -0.3 is 14.2 Å². The van der Waals surface area contributed by atoms with Crippen molar-refractivity contribution in [2.24, 2.45) is 5.41 Å². The summed E-state index contributed by atoms with van der Waals surface area (Å²) in [6, 6.07) is 12.6. The Bertz CT molecular complexity index is 1880. The maximum absolute atomic E-state index is 14.8. The highest BCUT2D eigenvalue weighted by molar-refractivity contribution is 7.87. The van der Waals surface area contributed by atoms with E-state index in [0.717, 1.165) is 71.0 Å². The number of likely N-dealkylation sites (N-methyl/N-ethyl adjacent to an activating group) is 1. The van der Waals surface area contributed by atoms with Crippen LogP contribution in [0.4, 0.5) is 0 Å². The van der Waals surface area contributed by atoms with E-state index in [-0.39, 0.29) is 23.4 Å². The maximum atomic E-state index is 14.8. The second-order valence-electron chi connectivity index (χ2n) is 14.4. The smallest absolute Gasteiger partial charge is 0.303 e. The van der Waals surface area contributed by atoms with Gasteiger partial charge in [0.05, 0.1) is 18.2 Å². The number of rotatable bonds is 6. The quantitative estimate of drug-likeness (QED) is 0.429. The van der Waals surface area contributed by atoms with Crippen molar-refractivity contribution >= 4 is 32.9 Å². The van der Waals surface area contributed by atoms with Crippen molar-refractivity contribution in [3.05, 3.63) is 53.1 Å². The first-order valence-corrected chi connectivity index (χ1v) is 18.1. The highest BCUT2D eigenvalue weighted by atomic mass is 32.2. The SMILES string of the molecule is COc1ccc2c(c1)C1CC1(C(=O)N1CC3CC1CN3C)Cn1c-2c(C2CCCCC2)c2ccc(C(=O)NS(=O)(=O)N(C)C)cc21. The van der Waals surface area contributed by atoms with Crippen LogP contribution in [0.5, 0.6) is 5.75 Å². The average molecular weight is 646 g/mol. The Hall–Kier alpha value is -3.41. The van der Waals surface area contributed by atoms with Gasteiger partial charge >= 0.3 is 10.2 Å². The molecule has 4 heterocycles. The molecule has 0 spiro atoms. The summed E-state index contributed by atoms with van der Waals surface area (Å²) >= 11 is 0. The van der Waals surface area contributed by atoms with Crippen molar-refractivity contribution in [2.75, 3.05) is 41.3 Å². The van der Waals surface area contributed by atoms with Gasteiger partial charge in [-0.25, -0.2) is 4.72 Å². The number of nitrogens with one attached hydrogen (secondary N) is 1. The van der Waals surface area contributed by atoms with E-state index in [1.165, 1.54) is 44.5 Å². The Kier molecular flexibility index (Phi) is 6.87. The van der Waals surface area contributed by atoms with E-state index >= 15 is 0 Å². The van der Waals surface area contributed by atoms with Crippen LogP contribution in [-0.2, 0) is 21.5 Å². The molecule has 1 N–H and O–H groups in total. The first kappa shape index (κ1) is 30.0. The summed E-state index contributed by atoms with van der Waals surface area (Å²) in [4.78, 5) is 32.6. The minimum Gasteiger partial charge on any atom is -0.497 e. The van der Waals surface area contributed by atoms with Crippen molar-refractivity contribution in [1.82, 2.24) is 23.4 Å². The van der Waals surface area contributed by atoms with Crippen LogP contribution in [0, 0.1) is 5.41 Å². The highest BCUT2D eigenvalue weighted by Gasteiger charge is 2.65. The summed E-state index contributed by atoms with van der Waals surface area (Å²) in [6.45, 7) is 2.22. The summed E-state index contributed by atoms with van der Waals surface area (Å²) < 4.78 is 36.3. The molecule has 4 atom stereocenters. The van der Waals surface area contributed by atoms with Gasteiger partial charge in [-0.05, 0) is 80.1 Å². The Morgan fingerprint density at radius 2 is 1.80 bits per heavy atom. The summed E-state index contributed by atoms with van der Waals surface area (Å²) in [6.07, 6.45) is 7.58. The number of hydrogen-bond acceptors (Lipinski definition) is 6. The van der Waals surface area contributed by atoms with E-state index in [1.807, 2.05) is 18.2 Å². The van der Waals surface area contributed by atoms with Gasteiger partial charge in [-0.15, -0.1) is 0 Å². The van der Waals surface area contributed by atoms with Gasteiger partial charge in [0.1, 0.15) is 5.75 Å². The molecular formula is C35H43N5O5S. The summed E-state index contributed by atoms with van der Waals surface area (Å²) in [5.74, 6) is 0.803. The third-order valence-corrected chi connectivity index (χ3v) is 13.1. The number of benzene rings is 2. The lowest BCUT2D eigenvalue weighted by Crippen LogP contribution is -2.50. The molecule has 1 aromatic heterocycles. The van der Waals surface area contributed by atoms with Gasteiger partial charge in [0, 0.05) is 73.8 Å². The second-order valence-corrected chi connectivity index (χ2v) is 16.3. The van der Waals surface area contributed by atoms with E-state index in [1.54, 1.807) is 13.2 Å². The summed E-state index contributed by atoms with van der Waals surface area (Å²) in [7, 11) is 2.66. The standard InChI is InChI=1S/C35H43N5O5S/c1-37(2)46(43,44)36-33(41)22-10-12-27-30(14-22)40-20-35(34(42)39-19-23-15-24(39)18-38(23)3)17-29(35)28-16-25(45-4)11-13-26(28)32(40)31(27)21-8-6-5-7-9-21/h10-14,16,21,23-24,29H,5-9,15,17-20H2,1-4H3,(H,36,41). The van der Waals surface area contributed by atoms with Crippen LogP contribution in [0.15, 0.2) is 36.4 Å². The molecule has 4 unspecified atom stereocenters. The molecule has 46 heavy (non-hydrogen) atoms. The fourth-order valence-electron chi connectivity index (χ4n) is 9.09. The van der Waals surface area contributed by atoms with Gasteiger partial charge in [0.15, 0.2) is 0 Å². The zero-order valence-electron chi connectivity index (χ0n) is 27.1. The van der Waals surface area contributed by atoms with Crippen molar-refractivity contribution < 1.29 is 22.7 Å². The number of likely N-dealkylation sites (tertiary alicyclic amines) is 2. The predicted molar refractivity (Wildman–Crippen MR) is 176 cm³/mol. The molecule has 2 saturated carbocycles. The van der Waals surface area contributed by atoms with Crippen molar-refractivity contribution in [3.8, 4) is 17.0 Å². The van der Waals surface area contributed by atoms with E-state index in [9.17, 15) is 18.0 Å². The molecule has 3 aromatic rings. The molecule has 3 aliphatic heterocycles. The van der Waals surface area contributed by atoms with Gasteiger partial charge in [0.2, 0.25) is 5.91 Å². The molecule has 2 bridgehead atoms. The Morgan fingerprint density at radius 3 is 2.48 bits per heavy atom. The molecule has 10 nitrogen and oxygen atoms in total. The summed E-state index contributed by atoms with van der Waals surface area (Å²) in [5, 5.41) is 1.08. The van der Waals surface area contributed by atoms with Gasteiger partial charge in [-0.2, -0.15) is 12.7 Å². The van der Waals surface area contributed by atoms with Crippen LogP contribution < -0.4 is 9.46 Å². The number of carbonyl (C=O) groups is 2. The van der Waals surface area contributed by atoms with Gasteiger partial charge in [-0.3, -0.25) is 14.5 Å². The lowest BCUT2D eigenvalue weighted by atomic mass is 9.81. The maximum Gasteiger partial charge on any atom is 0.303 e. The van der Waals surface area contributed by atoms with E-state index in [4.69, 9.17) is 4.74 Å². The fraction of sp³-hybridized carbons (Fsp3) is 0.543. The van der Waals surface area contributed by atoms with Gasteiger partial charge in [-0.1, -0.05) is 25.3 Å². The van der Waals surface area contributed by atoms with E-state index in [2.05, 4.69) is 38.3 Å². The number of aromatic nitrogens is 1. The number of fused-ring (bicyclic) bond motifs is 9. The largest absolute Gasteiger partial charge is 0.497 e. The van der Waals surface area contributed by atoms with Crippen molar-refractivity contribution in [2.45, 2.75) is 75.4 Å². The summed E-state index contributed by atoms with van der Waals surface area (Å²) in [5.41, 5.74) is 5.31. The molecule has 244 valence electrons. The third kappa shape index (κ3) is 4.45. The molecule has 2 aromatic carbocycles. The van der Waals surface area contributed by atoms with Gasteiger partial charge in [0.25, 0.3) is 5.91 Å². The Morgan fingerprint density at radius 1 is 1.02 bits per heavy atom. The molecule has 2 amide bonds. The van der Waals surface area contributed by atoms with Crippen LogP contribution in [0.2, 0.25) is 0 Å². The number of nitrogens with zero attached hydrogens (tertiary/aromatic N) is 4. The Balaban J connectivity index is 1.32. The van der Waals surface area contributed by atoms with Crippen LogP contribution >= 0.6 is 0 Å². The number of piperazine rings is 1. The normalized spacial score (nSPS) is 27.3. The van der Waals surface area contributed by atoms with E-state index in [0.29, 0.717) is 18.5 Å². The monoisotopic (exact) mass is 645 g/mol. The van der Waals surface area contributed by atoms with Crippen LogP contribution in [0.3, 0.4) is 0 Å². The lowest BCUT2D eigenvalue weighted by molar-refractivity contribution is -0.140. The number of hydrogen-bond donors (Lipinski definition) is 1. The van der Waals surface area contributed by atoms with Crippen LogP contribution in [0.25, 0.3) is 22.2 Å². The van der Waals surface area contributed by atoms with Crippen LogP contribution in [0.1, 0.15) is 78.3 Å². The number of carbonyl (C=O) groups excluding carboxylic acids is 2. The molecule has 2 aliphatic carbocycles. The zero-order chi connectivity index (χ0) is 32.1. The molecule has 5 aliphatic rings. The lowest BCUT2D eigenvalue weighted by Gasteiger charge is -2.35. The number of amides is 2. The van der Waals surface area contributed by atoms with Crippen LogP contribution in [-0.4, -0.2) is 92.3 Å². The molecule has 11 heteroatoms. The second kappa shape index (κ2) is 10.6. The minimum atomic E-state index is -3.96. The third-order valence-electron chi connectivity index (χ3n) is 11.7. The predicted octanol–water partition coefficient (Wildman–Crippen LogP) is 4.30. The zero-order valence-corrected chi connectivity index (χ0v) is 27.9. The first-order chi connectivity index (χ1) is 22.0. The van der Waals surface area contributed by atoms with E-state index < -0.39 is 21.5 Å². The van der Waals surface area contributed by atoms with Crippen molar-refractivity contribution in [1.29, 1.82) is 0 Å². The Labute approximate surface area is 270 Å². The molecule has 2 saturated heterocycles. The highest BCUT2D eigenvalue weighted by Crippen LogP contribution is 2.66. The molecule has 4 fully saturated rings. The molecule has 0 radical (unpaired) electrons. The minimum absolute atomic E-state index is 0.0767. The molecular weight excluding hydrogens is 602 g/mol. The number of methoxy groups -OCH3 is 1. The number of ether oxygens (including phenoxy) is 1.